The number of hydrogen-bond acceptors (Lipinski definition) is 2. The smallest absolute Gasteiger partial charge is 0 e. The van der Waals surface area contributed by atoms with Gasteiger partial charge in [-0.15, -0.1) is 0 Å². The van der Waals surface area contributed by atoms with Crippen molar-refractivity contribution in [3.8, 4) is 11.5 Å². The van der Waals surface area contributed by atoms with Crippen molar-refractivity contribution in [2.75, 3.05) is 0 Å². The van der Waals surface area contributed by atoms with Gasteiger partial charge in [-0.05, 0) is 265 Å². The second-order valence-corrected chi connectivity index (χ2v) is 37.9. The van der Waals surface area contributed by atoms with E-state index >= 15 is 0 Å². The van der Waals surface area contributed by atoms with Crippen LogP contribution >= 0.6 is 28.5 Å². The first kappa shape index (κ1) is 105. The summed E-state index contributed by atoms with van der Waals surface area (Å²) in [6, 6.07) is 46.7. The number of nitrogens with zero attached hydrogens (tertiary/aromatic N) is 4. The fourth-order valence-corrected chi connectivity index (χ4v) is 16.3. The number of phenols is 2. The minimum Gasteiger partial charge on any atom is 0 e. The standard InChI is InChI=1S/C56H92N2.C38H56N2.2C6H6O.2BrH.2Ni/c1-7-13-19-23-27-31-35-47-41-48(36-32-28-24-20-14-8-2)44-51(43-47)55-53(39-17-11-5)54(40-18-12-6)56(58(55)57)52-45-49(37-33-29-25-21-15-9-3)42-50(46-52)38-34-30-26-22-16-10-4;1-7-13-18-29-23-30(19-14-8-2)26-33(25-29)37-35(12-6)36(22-17-11-5)38(40(37)39)34-27-31(20-15-9-3)24-32(28-34)21-16-10-4;2*7-6-4-2-1-3-5-6;;;;/h41-46H,7-40H2,1-6H3;23-28H,7-22H2,1-6H3;2*1-5,7H;2*1H;;/q;;;;;;;+2/p-2. The summed E-state index contributed by atoms with van der Waals surface area (Å²) in [6.45, 7) is 27.5. The van der Waals surface area contributed by atoms with Gasteiger partial charge >= 0.3 is 39.3 Å². The van der Waals surface area contributed by atoms with Gasteiger partial charge in [-0.1, -0.05) is 317 Å². The molecule has 2 heterocycles. The van der Waals surface area contributed by atoms with Crippen LogP contribution in [-0.2, 0) is 78.8 Å². The molecule has 0 bridgehead atoms. The minimum atomic E-state index is 0. The molecular formula is C106H160Br2N4Ni2O2. The maximum Gasteiger partial charge on any atom is 0 e. The quantitative estimate of drug-likeness (QED) is 0.0226. The van der Waals surface area contributed by atoms with Gasteiger partial charge in [0.15, 0.2) is 0 Å². The monoisotopic (exact) mass is 1790 g/mol. The van der Waals surface area contributed by atoms with E-state index in [9.17, 15) is 11.1 Å². The molecule has 0 atom stereocenters. The first-order chi connectivity index (χ1) is 56.2. The Morgan fingerprint density at radius 1 is 0.241 bits per heavy atom. The van der Waals surface area contributed by atoms with Crippen LogP contribution in [0.5, 0.6) is 11.5 Å². The Morgan fingerprint density at radius 2 is 0.414 bits per heavy atom. The predicted molar refractivity (Wildman–Crippen MR) is 506 cm³/mol. The second-order valence-electron chi connectivity index (χ2n) is 33.0. The number of allylic oxidation sites excluding steroid dienone is 4. The van der Waals surface area contributed by atoms with Crippen molar-refractivity contribution >= 4 is 51.2 Å². The largest absolute Gasteiger partial charge is 0 e. The molecule has 6 nitrogen and oxygen atoms in total. The van der Waals surface area contributed by atoms with Gasteiger partial charge in [0.25, 0.3) is 0 Å². The van der Waals surface area contributed by atoms with Crippen LogP contribution in [0, 0.1) is 0 Å². The average Bonchev–Trinajstić information content (AvgIpc) is 1.61. The first-order valence-electron chi connectivity index (χ1n) is 47.0. The Labute approximate surface area is 741 Å². The predicted octanol–water partition coefficient (Wildman–Crippen LogP) is 35.1. The molecule has 0 amide bonds. The van der Waals surface area contributed by atoms with Gasteiger partial charge in [0.1, 0.15) is 11.5 Å². The molecule has 0 aromatic heterocycles. The van der Waals surface area contributed by atoms with E-state index in [0.29, 0.717) is 11.5 Å². The van der Waals surface area contributed by atoms with Gasteiger partial charge in [-0.2, -0.15) is 0 Å². The fraction of sp³-hybridized carbons (Fsp3) is 0.585. The molecule has 10 heteroatoms. The van der Waals surface area contributed by atoms with E-state index in [4.69, 9.17) is 10.2 Å². The number of aromatic hydroxyl groups is 2. The summed E-state index contributed by atoms with van der Waals surface area (Å²) in [7, 11) is 1.25. The van der Waals surface area contributed by atoms with E-state index in [0.717, 1.165) is 138 Å². The molecule has 0 radical (unpaired) electrons. The van der Waals surface area contributed by atoms with Gasteiger partial charge in [-0.3, -0.25) is 0 Å². The molecule has 2 aliphatic rings. The zero-order valence-corrected chi connectivity index (χ0v) is 80.3. The Bertz CT molecular complexity index is 3490. The Balaban J connectivity index is 0.000000511. The molecule has 2 aliphatic heterocycles. The van der Waals surface area contributed by atoms with Gasteiger partial charge in [0.2, 0.25) is 22.8 Å². The maximum atomic E-state index is 12.8. The Morgan fingerprint density at radius 3 is 0.603 bits per heavy atom. The first-order valence-corrected chi connectivity index (χ1v) is 51.8. The van der Waals surface area contributed by atoms with Gasteiger partial charge in [-0.25, -0.2) is 9.39 Å². The molecule has 0 spiro atoms. The molecular weight excluding hydrogens is 1640 g/mol. The number of unbranched alkanes of at least 4 members (excludes halogenated alkanes) is 27. The van der Waals surface area contributed by atoms with Crippen LogP contribution in [0.4, 0.5) is 0 Å². The topological polar surface area (TPSA) is 91.1 Å². The summed E-state index contributed by atoms with van der Waals surface area (Å²) in [5, 5.41) is 17.3. The van der Waals surface area contributed by atoms with Crippen LogP contribution in [0.2, 0.25) is 0 Å². The van der Waals surface area contributed by atoms with E-state index in [2.05, 4.69) is 184 Å². The Hall–Kier alpha value is -4.97. The van der Waals surface area contributed by atoms with E-state index in [-0.39, 0.29) is 16.5 Å². The molecule has 8 rings (SSSR count). The van der Waals surface area contributed by atoms with Crippen molar-refractivity contribution in [1.29, 1.82) is 0 Å². The molecule has 116 heavy (non-hydrogen) atoms. The molecule has 6 aromatic rings. The molecule has 0 unspecified atom stereocenters. The van der Waals surface area contributed by atoms with E-state index < -0.39 is 0 Å². The number of hydrogen-bond donors (Lipinski definition) is 2. The second kappa shape index (κ2) is 66.7. The van der Waals surface area contributed by atoms with Crippen LogP contribution in [0.3, 0.4) is 0 Å². The SMILES string of the molecule is CCCCC1=C(c2cc(CCCC)cc(CCCC)c2)[N+](=[N-])C(c2cc(CCCC)cc(CCCC)c2)=C1CC.CCCCCCCCc1cc(CCCCCCCC)cc(C2=C(CCCC)C(CCCC)=C(c3cc(CCCCCCCC)cc(CCCCCCCC)c3)[N+]2=[N-])c1.Oc1ccccc1.Oc1ccccc1.[Br][Ni][Br].[Ni]. The third-order valence-electron chi connectivity index (χ3n) is 22.8. The van der Waals surface area contributed by atoms with Gasteiger partial charge in [0.05, 0.1) is 0 Å². The normalized spacial score (nSPS) is 12.5. The third kappa shape index (κ3) is 40.6. The molecule has 0 saturated heterocycles. The molecule has 650 valence electrons. The van der Waals surface area contributed by atoms with Crippen molar-refractivity contribution in [1.82, 2.24) is 0 Å². The molecule has 6 aromatic carbocycles. The minimum absolute atomic E-state index is 0. The van der Waals surface area contributed by atoms with Crippen LogP contribution in [-0.4, -0.2) is 19.6 Å². The Kier molecular flexibility index (Phi) is 60.5. The number of rotatable bonds is 54. The summed E-state index contributed by atoms with van der Waals surface area (Å²) < 4.78 is 3.29. The number of para-hydroxylation sites is 2. The van der Waals surface area contributed by atoms with Gasteiger partial charge < -0.3 is 21.3 Å². The average molecular weight is 1800 g/mol. The van der Waals surface area contributed by atoms with Crippen LogP contribution in [0.15, 0.2) is 156 Å². The maximum absolute atomic E-state index is 12.8. The van der Waals surface area contributed by atoms with Crippen molar-refractivity contribution < 1.29 is 47.0 Å². The number of aryl methyl sites for hydroxylation is 8. The van der Waals surface area contributed by atoms with Crippen molar-refractivity contribution in [3.63, 3.8) is 0 Å². The molecule has 0 saturated carbocycles. The van der Waals surface area contributed by atoms with Crippen LogP contribution in [0.1, 0.15) is 420 Å². The number of phenolic OH excluding ortho intramolecular Hbond substituents is 2. The van der Waals surface area contributed by atoms with Crippen molar-refractivity contribution in [2.45, 2.75) is 404 Å². The van der Waals surface area contributed by atoms with E-state index in [1.165, 1.54) is 305 Å². The number of benzene rings is 6. The van der Waals surface area contributed by atoms with Gasteiger partial charge in [0, 0.05) is 61.0 Å². The summed E-state index contributed by atoms with van der Waals surface area (Å²) in [5.41, 5.74) is 51.0. The van der Waals surface area contributed by atoms with Crippen LogP contribution in [0.25, 0.3) is 33.9 Å². The van der Waals surface area contributed by atoms with Crippen molar-refractivity contribution in [3.05, 3.63) is 234 Å². The molecule has 0 aliphatic carbocycles. The molecule has 2 N–H and O–H groups in total. The fourth-order valence-electron chi connectivity index (χ4n) is 16.3. The summed E-state index contributed by atoms with van der Waals surface area (Å²) >= 11 is 6.00. The summed E-state index contributed by atoms with van der Waals surface area (Å²) in [4.78, 5) is 0. The third-order valence-corrected chi connectivity index (χ3v) is 22.8. The zero-order valence-electron chi connectivity index (χ0n) is 75.1. The van der Waals surface area contributed by atoms with E-state index in [1.807, 2.05) is 12.1 Å². The van der Waals surface area contributed by atoms with Crippen molar-refractivity contribution in [2.24, 2.45) is 0 Å². The molecule has 0 fully saturated rings. The number of halogens is 2. The van der Waals surface area contributed by atoms with E-state index in [1.54, 1.807) is 57.9 Å². The zero-order chi connectivity index (χ0) is 83.5. The summed E-state index contributed by atoms with van der Waals surface area (Å²) in [5.74, 6) is 0.644. The summed E-state index contributed by atoms with van der Waals surface area (Å²) in [6.07, 6.45) is 61.3. The van der Waals surface area contributed by atoms with Crippen LogP contribution < -0.4 is 0 Å².